The van der Waals surface area contributed by atoms with Gasteiger partial charge in [0.15, 0.2) is 0 Å². The van der Waals surface area contributed by atoms with Crippen LogP contribution in [0, 0.1) is 0 Å². The summed E-state index contributed by atoms with van der Waals surface area (Å²) in [6, 6.07) is 9.08. The zero-order valence-electron chi connectivity index (χ0n) is 11.2. The van der Waals surface area contributed by atoms with E-state index in [1.807, 2.05) is 0 Å². The molecule has 3 rings (SSSR count). The predicted octanol–water partition coefficient (Wildman–Crippen LogP) is 3.39. The minimum atomic E-state index is 0.654. The lowest BCUT2D eigenvalue weighted by atomic mass is 9.94. The van der Waals surface area contributed by atoms with Gasteiger partial charge in [0.1, 0.15) is 5.00 Å². The lowest BCUT2D eigenvalue weighted by Gasteiger charge is -2.34. The molecule has 1 heterocycles. The molecule has 19 heavy (non-hydrogen) atoms. The highest BCUT2D eigenvalue weighted by molar-refractivity contribution is 7.11. The SMILES string of the molecule is NCCN(c1snc2ccccc12)C1CCCCC1. The van der Waals surface area contributed by atoms with Gasteiger partial charge in [0.2, 0.25) is 0 Å². The van der Waals surface area contributed by atoms with Gasteiger partial charge >= 0.3 is 0 Å². The molecule has 0 spiro atoms. The maximum absolute atomic E-state index is 5.83. The Morgan fingerprint density at radius 1 is 1.21 bits per heavy atom. The van der Waals surface area contributed by atoms with Gasteiger partial charge in [-0.2, -0.15) is 4.37 Å². The first-order valence-electron chi connectivity index (χ1n) is 7.21. The molecule has 102 valence electrons. The third kappa shape index (κ3) is 2.60. The molecule has 3 nitrogen and oxygen atoms in total. The number of hydrogen-bond acceptors (Lipinski definition) is 4. The lowest BCUT2D eigenvalue weighted by Crippen LogP contribution is -2.39. The van der Waals surface area contributed by atoms with Crippen molar-refractivity contribution >= 4 is 27.4 Å². The second-order valence-electron chi connectivity index (χ2n) is 5.28. The summed E-state index contributed by atoms with van der Waals surface area (Å²) in [6.45, 7) is 1.65. The van der Waals surface area contributed by atoms with Gasteiger partial charge in [0.05, 0.1) is 5.52 Å². The molecule has 4 heteroatoms. The van der Waals surface area contributed by atoms with Gasteiger partial charge in [0.25, 0.3) is 0 Å². The van der Waals surface area contributed by atoms with Gasteiger partial charge in [-0.05, 0) is 36.5 Å². The Bertz CT molecular complexity index is 531. The first-order valence-corrected chi connectivity index (χ1v) is 7.98. The minimum Gasteiger partial charge on any atom is -0.357 e. The van der Waals surface area contributed by atoms with Crippen LogP contribution in [0.5, 0.6) is 0 Å². The molecule has 0 amide bonds. The molecule has 1 fully saturated rings. The van der Waals surface area contributed by atoms with Crippen molar-refractivity contribution in [3.05, 3.63) is 24.3 Å². The molecular formula is C15H21N3S. The summed E-state index contributed by atoms with van der Waals surface area (Å²) < 4.78 is 4.58. The number of fused-ring (bicyclic) bond motifs is 1. The number of anilines is 1. The predicted molar refractivity (Wildman–Crippen MR) is 82.9 cm³/mol. The topological polar surface area (TPSA) is 42.1 Å². The van der Waals surface area contributed by atoms with Crippen molar-refractivity contribution in [2.75, 3.05) is 18.0 Å². The quantitative estimate of drug-likeness (QED) is 0.930. The Balaban J connectivity index is 1.94. The van der Waals surface area contributed by atoms with E-state index in [1.54, 1.807) is 11.5 Å². The van der Waals surface area contributed by atoms with Crippen LogP contribution in [0.15, 0.2) is 24.3 Å². The molecule has 0 atom stereocenters. The van der Waals surface area contributed by atoms with E-state index in [2.05, 4.69) is 33.5 Å². The van der Waals surface area contributed by atoms with E-state index < -0.39 is 0 Å². The summed E-state index contributed by atoms with van der Waals surface area (Å²) in [5, 5.41) is 2.60. The fraction of sp³-hybridized carbons (Fsp3) is 0.533. The Labute approximate surface area is 118 Å². The first kappa shape index (κ1) is 12.9. The molecule has 1 aromatic heterocycles. The number of rotatable bonds is 4. The van der Waals surface area contributed by atoms with Crippen molar-refractivity contribution in [2.45, 2.75) is 38.1 Å². The van der Waals surface area contributed by atoms with Crippen molar-refractivity contribution < 1.29 is 0 Å². The van der Waals surface area contributed by atoms with Gasteiger partial charge in [-0.1, -0.05) is 31.4 Å². The summed E-state index contributed by atoms with van der Waals surface area (Å²) in [5.41, 5.74) is 6.94. The summed E-state index contributed by atoms with van der Waals surface area (Å²) in [6.07, 6.45) is 6.68. The fourth-order valence-corrected chi connectivity index (χ4v) is 4.02. The van der Waals surface area contributed by atoms with Crippen molar-refractivity contribution in [2.24, 2.45) is 5.73 Å². The molecule has 2 N–H and O–H groups in total. The summed E-state index contributed by atoms with van der Waals surface area (Å²) in [4.78, 5) is 2.51. The van der Waals surface area contributed by atoms with Crippen molar-refractivity contribution in [3.63, 3.8) is 0 Å². The molecule has 1 aromatic carbocycles. The zero-order chi connectivity index (χ0) is 13.1. The zero-order valence-corrected chi connectivity index (χ0v) is 12.0. The normalized spacial score (nSPS) is 16.9. The number of benzene rings is 1. The Morgan fingerprint density at radius 3 is 2.79 bits per heavy atom. The Kier molecular flexibility index (Phi) is 3.99. The monoisotopic (exact) mass is 275 g/mol. The molecular weight excluding hydrogens is 254 g/mol. The molecule has 1 saturated carbocycles. The average Bonchev–Trinajstić information content (AvgIpc) is 2.89. The van der Waals surface area contributed by atoms with E-state index in [4.69, 9.17) is 5.73 Å². The standard InChI is InChI=1S/C15H21N3S/c16-10-11-18(12-6-2-1-3-7-12)15-13-8-4-5-9-14(13)17-19-15/h4-5,8-9,12H,1-3,6-7,10-11,16H2. The van der Waals surface area contributed by atoms with E-state index in [0.29, 0.717) is 12.6 Å². The van der Waals surface area contributed by atoms with Gasteiger partial charge in [-0.15, -0.1) is 0 Å². The van der Waals surface area contributed by atoms with Crippen LogP contribution in [-0.4, -0.2) is 23.5 Å². The molecule has 0 saturated heterocycles. The van der Waals surface area contributed by atoms with E-state index in [0.717, 1.165) is 12.1 Å². The molecule has 0 radical (unpaired) electrons. The average molecular weight is 275 g/mol. The van der Waals surface area contributed by atoms with Crippen molar-refractivity contribution in [1.82, 2.24) is 4.37 Å². The van der Waals surface area contributed by atoms with Crippen LogP contribution in [0.2, 0.25) is 0 Å². The highest BCUT2D eigenvalue weighted by Crippen LogP contribution is 2.35. The minimum absolute atomic E-state index is 0.654. The molecule has 2 aromatic rings. The van der Waals surface area contributed by atoms with E-state index in [-0.39, 0.29) is 0 Å². The van der Waals surface area contributed by atoms with Crippen LogP contribution in [-0.2, 0) is 0 Å². The van der Waals surface area contributed by atoms with Crippen LogP contribution in [0.1, 0.15) is 32.1 Å². The van der Waals surface area contributed by atoms with Crippen LogP contribution in [0.25, 0.3) is 10.9 Å². The largest absolute Gasteiger partial charge is 0.357 e. The van der Waals surface area contributed by atoms with Gasteiger partial charge in [-0.3, -0.25) is 0 Å². The van der Waals surface area contributed by atoms with Crippen LogP contribution >= 0.6 is 11.5 Å². The van der Waals surface area contributed by atoms with Crippen LogP contribution in [0.3, 0.4) is 0 Å². The van der Waals surface area contributed by atoms with E-state index in [1.165, 1.54) is 42.5 Å². The Morgan fingerprint density at radius 2 is 2.00 bits per heavy atom. The maximum Gasteiger partial charge on any atom is 0.120 e. The molecule has 1 aliphatic carbocycles. The molecule has 0 bridgehead atoms. The van der Waals surface area contributed by atoms with Crippen LogP contribution in [0.4, 0.5) is 5.00 Å². The molecule has 0 unspecified atom stereocenters. The first-order chi connectivity index (χ1) is 9.40. The third-order valence-corrected chi connectivity index (χ3v) is 4.93. The highest BCUT2D eigenvalue weighted by Gasteiger charge is 2.23. The summed E-state index contributed by atoms with van der Waals surface area (Å²) in [5.74, 6) is 0. The van der Waals surface area contributed by atoms with Gasteiger partial charge in [-0.25, -0.2) is 0 Å². The van der Waals surface area contributed by atoms with Crippen molar-refractivity contribution in [3.8, 4) is 0 Å². The number of nitrogens with two attached hydrogens (primary N) is 1. The number of hydrogen-bond donors (Lipinski definition) is 1. The van der Waals surface area contributed by atoms with E-state index >= 15 is 0 Å². The smallest absolute Gasteiger partial charge is 0.120 e. The van der Waals surface area contributed by atoms with Gasteiger partial charge in [0, 0.05) is 24.5 Å². The maximum atomic E-state index is 5.83. The number of aromatic nitrogens is 1. The lowest BCUT2D eigenvalue weighted by molar-refractivity contribution is 0.418. The summed E-state index contributed by atoms with van der Waals surface area (Å²) >= 11 is 1.62. The third-order valence-electron chi connectivity index (χ3n) is 4.01. The fourth-order valence-electron chi connectivity index (χ4n) is 3.06. The van der Waals surface area contributed by atoms with Gasteiger partial charge < -0.3 is 10.6 Å². The Hall–Kier alpha value is -1.13. The van der Waals surface area contributed by atoms with E-state index in [9.17, 15) is 0 Å². The highest BCUT2D eigenvalue weighted by atomic mass is 32.1. The second-order valence-corrected chi connectivity index (χ2v) is 6.03. The van der Waals surface area contributed by atoms with Crippen LogP contribution < -0.4 is 10.6 Å². The molecule has 1 aliphatic rings. The molecule has 0 aliphatic heterocycles. The van der Waals surface area contributed by atoms with Crippen molar-refractivity contribution in [1.29, 1.82) is 0 Å². The number of nitrogens with zero attached hydrogens (tertiary/aromatic N) is 2. The second kappa shape index (κ2) is 5.88. The summed E-state index contributed by atoms with van der Waals surface area (Å²) in [7, 11) is 0.